The van der Waals surface area contributed by atoms with Gasteiger partial charge in [-0.15, -0.1) is 0 Å². The molecular weight excluding hydrogens is 250 g/mol. The molecule has 0 radical (unpaired) electrons. The summed E-state index contributed by atoms with van der Waals surface area (Å²) in [4.78, 5) is 4.60. The van der Waals surface area contributed by atoms with Crippen LogP contribution in [0.1, 0.15) is 63.1 Å². The van der Waals surface area contributed by atoms with Crippen molar-refractivity contribution < 1.29 is 4.52 Å². The minimum absolute atomic E-state index is 0.281. The van der Waals surface area contributed by atoms with Crippen molar-refractivity contribution in [3.8, 4) is 0 Å². The van der Waals surface area contributed by atoms with Crippen LogP contribution in [0, 0.1) is 23.2 Å². The van der Waals surface area contributed by atoms with Crippen LogP contribution in [0.25, 0.3) is 0 Å². The second-order valence-corrected chi connectivity index (χ2v) is 7.47. The zero-order valence-electron chi connectivity index (χ0n) is 12.3. The number of hydrogen-bond donors (Lipinski definition) is 1. The molecule has 4 heteroatoms. The molecule has 110 valence electrons. The van der Waals surface area contributed by atoms with Crippen LogP contribution >= 0.6 is 0 Å². The van der Waals surface area contributed by atoms with Crippen LogP contribution in [-0.4, -0.2) is 16.7 Å². The van der Waals surface area contributed by atoms with Crippen molar-refractivity contribution in [1.29, 1.82) is 0 Å². The van der Waals surface area contributed by atoms with E-state index in [-0.39, 0.29) is 5.92 Å². The maximum atomic E-state index is 6.15. The first-order valence-corrected chi connectivity index (χ1v) is 8.25. The normalized spacial score (nSPS) is 40.2. The van der Waals surface area contributed by atoms with Crippen LogP contribution in [0.5, 0.6) is 0 Å². The monoisotopic (exact) mass is 275 g/mol. The number of aromatic nitrogens is 2. The number of nitrogens with zero attached hydrogens (tertiary/aromatic N) is 2. The third-order valence-electron chi connectivity index (χ3n) is 6.16. The van der Waals surface area contributed by atoms with Crippen molar-refractivity contribution in [3.05, 3.63) is 11.7 Å². The zero-order chi connectivity index (χ0) is 13.7. The zero-order valence-corrected chi connectivity index (χ0v) is 12.3. The Morgan fingerprint density at radius 2 is 1.80 bits per heavy atom. The molecule has 0 saturated heterocycles. The van der Waals surface area contributed by atoms with Gasteiger partial charge in [0.1, 0.15) is 0 Å². The van der Waals surface area contributed by atoms with E-state index in [0.29, 0.717) is 12.0 Å². The smallest absolute Gasteiger partial charge is 0.231 e. The summed E-state index contributed by atoms with van der Waals surface area (Å²) in [6, 6.07) is 0. The van der Waals surface area contributed by atoms with Gasteiger partial charge in [-0.25, -0.2) is 0 Å². The quantitative estimate of drug-likeness (QED) is 0.917. The lowest BCUT2D eigenvalue weighted by molar-refractivity contribution is -0.0717. The summed E-state index contributed by atoms with van der Waals surface area (Å²) in [5.41, 5.74) is 6.51. The third-order valence-corrected chi connectivity index (χ3v) is 6.16. The number of rotatable bonds is 4. The average molecular weight is 275 g/mol. The molecule has 20 heavy (non-hydrogen) atoms. The molecule has 4 aliphatic rings. The standard InChI is InChI=1S/C16H25N3O/c1-2-14-18-15(20-19-14)13(9-17)16-6-10-3-11(7-16)5-12(4-10)8-16/h10-13H,2-9,17H2,1H3. The van der Waals surface area contributed by atoms with E-state index in [2.05, 4.69) is 17.1 Å². The van der Waals surface area contributed by atoms with Gasteiger partial charge in [-0.1, -0.05) is 12.1 Å². The van der Waals surface area contributed by atoms with E-state index in [9.17, 15) is 0 Å². The van der Waals surface area contributed by atoms with E-state index < -0.39 is 0 Å². The van der Waals surface area contributed by atoms with E-state index >= 15 is 0 Å². The van der Waals surface area contributed by atoms with E-state index in [1.54, 1.807) is 0 Å². The molecule has 4 saturated carbocycles. The van der Waals surface area contributed by atoms with Crippen LogP contribution in [-0.2, 0) is 6.42 Å². The van der Waals surface area contributed by atoms with Crippen molar-refractivity contribution in [2.24, 2.45) is 28.9 Å². The Morgan fingerprint density at radius 1 is 1.20 bits per heavy atom. The Balaban J connectivity index is 1.66. The van der Waals surface area contributed by atoms with E-state index in [1.165, 1.54) is 38.5 Å². The first-order chi connectivity index (χ1) is 9.72. The fourth-order valence-corrected chi connectivity index (χ4v) is 5.77. The second-order valence-electron chi connectivity index (χ2n) is 7.47. The first-order valence-electron chi connectivity index (χ1n) is 8.25. The van der Waals surface area contributed by atoms with Gasteiger partial charge in [-0.05, 0) is 61.7 Å². The highest BCUT2D eigenvalue weighted by molar-refractivity contribution is 5.11. The summed E-state index contributed by atoms with van der Waals surface area (Å²) in [6.07, 6.45) is 9.23. The van der Waals surface area contributed by atoms with Gasteiger partial charge in [0.05, 0.1) is 5.92 Å². The minimum atomic E-state index is 0.281. The lowest BCUT2D eigenvalue weighted by Crippen LogP contribution is -2.50. The molecule has 0 aliphatic heterocycles. The van der Waals surface area contributed by atoms with Crippen molar-refractivity contribution in [2.75, 3.05) is 6.54 Å². The van der Waals surface area contributed by atoms with Crippen LogP contribution < -0.4 is 5.73 Å². The summed E-state index contributed by atoms with van der Waals surface area (Å²) in [5.74, 6) is 4.72. The SMILES string of the molecule is CCc1noc(C(CN)C23CC4CC(CC(C4)C2)C3)n1. The van der Waals surface area contributed by atoms with Gasteiger partial charge in [0.25, 0.3) is 0 Å². The van der Waals surface area contributed by atoms with Gasteiger partial charge in [-0.2, -0.15) is 4.98 Å². The van der Waals surface area contributed by atoms with Gasteiger partial charge in [0, 0.05) is 13.0 Å². The summed E-state index contributed by atoms with van der Waals surface area (Å²) < 4.78 is 5.56. The summed E-state index contributed by atoms with van der Waals surface area (Å²) in [6.45, 7) is 2.72. The highest BCUT2D eigenvalue weighted by atomic mass is 16.5. The minimum Gasteiger partial charge on any atom is -0.339 e. The predicted octanol–water partition coefficient (Wildman–Crippen LogP) is 2.89. The Kier molecular flexibility index (Phi) is 2.92. The average Bonchev–Trinajstić information content (AvgIpc) is 2.86. The molecule has 5 rings (SSSR count). The molecule has 1 aromatic rings. The Labute approximate surface area is 120 Å². The van der Waals surface area contributed by atoms with Gasteiger partial charge in [0.2, 0.25) is 5.89 Å². The molecule has 1 heterocycles. The lowest BCUT2D eigenvalue weighted by atomic mass is 9.46. The maximum Gasteiger partial charge on any atom is 0.231 e. The van der Waals surface area contributed by atoms with Crippen LogP contribution in [0.3, 0.4) is 0 Å². The molecule has 1 atom stereocenters. The topological polar surface area (TPSA) is 64.9 Å². The first kappa shape index (κ1) is 12.8. The molecule has 0 amide bonds. The Morgan fingerprint density at radius 3 is 2.25 bits per heavy atom. The molecule has 4 fully saturated rings. The molecule has 4 nitrogen and oxygen atoms in total. The molecule has 0 spiro atoms. The van der Waals surface area contributed by atoms with Crippen molar-refractivity contribution in [3.63, 3.8) is 0 Å². The molecule has 1 unspecified atom stereocenters. The Bertz CT molecular complexity index is 460. The number of hydrogen-bond acceptors (Lipinski definition) is 4. The van der Waals surface area contributed by atoms with Gasteiger partial charge < -0.3 is 10.3 Å². The number of nitrogens with two attached hydrogens (primary N) is 1. The summed E-state index contributed by atoms with van der Waals surface area (Å²) in [5, 5.41) is 4.09. The van der Waals surface area contributed by atoms with Gasteiger partial charge >= 0.3 is 0 Å². The molecule has 2 N–H and O–H groups in total. The molecular formula is C16H25N3O. The van der Waals surface area contributed by atoms with Crippen molar-refractivity contribution in [2.45, 2.75) is 57.8 Å². The summed E-state index contributed by atoms with van der Waals surface area (Å²) >= 11 is 0. The molecule has 4 bridgehead atoms. The van der Waals surface area contributed by atoms with E-state index in [0.717, 1.165) is 35.9 Å². The maximum absolute atomic E-state index is 6.15. The molecule has 4 aliphatic carbocycles. The molecule has 0 aromatic carbocycles. The predicted molar refractivity (Wildman–Crippen MR) is 76.1 cm³/mol. The fourth-order valence-electron chi connectivity index (χ4n) is 5.77. The van der Waals surface area contributed by atoms with Crippen LogP contribution in [0.2, 0.25) is 0 Å². The molecule has 1 aromatic heterocycles. The largest absolute Gasteiger partial charge is 0.339 e. The highest BCUT2D eigenvalue weighted by Crippen LogP contribution is 2.64. The van der Waals surface area contributed by atoms with Crippen LogP contribution in [0.4, 0.5) is 0 Å². The van der Waals surface area contributed by atoms with Crippen molar-refractivity contribution in [1.82, 2.24) is 10.1 Å². The fraction of sp³-hybridized carbons (Fsp3) is 0.875. The van der Waals surface area contributed by atoms with Gasteiger partial charge in [0.15, 0.2) is 5.82 Å². The van der Waals surface area contributed by atoms with E-state index in [1.807, 2.05) is 0 Å². The Hall–Kier alpha value is -0.900. The van der Waals surface area contributed by atoms with Crippen LogP contribution in [0.15, 0.2) is 4.52 Å². The highest BCUT2D eigenvalue weighted by Gasteiger charge is 2.55. The van der Waals surface area contributed by atoms with Crippen molar-refractivity contribution >= 4 is 0 Å². The van der Waals surface area contributed by atoms with Gasteiger partial charge in [-0.3, -0.25) is 0 Å². The summed E-state index contributed by atoms with van der Waals surface area (Å²) in [7, 11) is 0. The lowest BCUT2D eigenvalue weighted by Gasteiger charge is -2.58. The third kappa shape index (κ3) is 1.84. The van der Waals surface area contributed by atoms with E-state index in [4.69, 9.17) is 10.3 Å². The second kappa shape index (κ2) is 4.55. The number of aryl methyl sites for hydroxylation is 1.